The molecule has 6 nitrogen and oxygen atoms in total. The standard InChI is InChI=1S/C21H30ClN3O3/c1-21(2,3)28-20(26)24-10-5-7-15(14-24)19-23-17-9-8-16(22)13-18(17)25(19)11-6-12-27-4/h8-9,13,15H,5-7,10-12,14H2,1-4H3. The number of nitrogens with zero attached hydrogens (tertiary/aromatic N) is 3. The van der Waals surface area contributed by atoms with Gasteiger partial charge in [-0.15, -0.1) is 0 Å². The molecule has 28 heavy (non-hydrogen) atoms. The number of hydrogen-bond donors (Lipinski definition) is 0. The molecule has 0 spiro atoms. The fraction of sp³-hybridized carbons (Fsp3) is 0.619. The molecule has 7 heteroatoms. The van der Waals surface area contributed by atoms with Crippen molar-refractivity contribution < 1.29 is 14.3 Å². The number of rotatable bonds is 5. The summed E-state index contributed by atoms with van der Waals surface area (Å²) in [6.45, 7) is 8.52. The predicted octanol–water partition coefficient (Wildman–Crippen LogP) is 4.84. The highest BCUT2D eigenvalue weighted by atomic mass is 35.5. The van der Waals surface area contributed by atoms with Crippen LogP contribution in [-0.4, -0.2) is 53.0 Å². The number of ether oxygens (including phenoxy) is 2. The number of imidazole rings is 1. The summed E-state index contributed by atoms with van der Waals surface area (Å²) in [5.74, 6) is 1.19. The van der Waals surface area contributed by atoms with Crippen LogP contribution in [0.2, 0.25) is 5.02 Å². The average molecular weight is 408 g/mol. The zero-order valence-corrected chi connectivity index (χ0v) is 18.0. The van der Waals surface area contributed by atoms with Gasteiger partial charge < -0.3 is 18.9 Å². The minimum absolute atomic E-state index is 0.176. The molecular formula is C21H30ClN3O3. The van der Waals surface area contributed by atoms with Crippen molar-refractivity contribution in [1.29, 1.82) is 0 Å². The van der Waals surface area contributed by atoms with Gasteiger partial charge in [0.05, 0.1) is 11.0 Å². The van der Waals surface area contributed by atoms with Crippen LogP contribution in [0.25, 0.3) is 11.0 Å². The molecule has 1 aliphatic rings. The number of carbonyl (C=O) groups excluding carboxylic acids is 1. The molecule has 1 fully saturated rings. The number of aromatic nitrogens is 2. The lowest BCUT2D eigenvalue weighted by molar-refractivity contribution is 0.0195. The molecule has 1 unspecified atom stereocenters. The van der Waals surface area contributed by atoms with E-state index in [0.717, 1.165) is 49.2 Å². The number of fused-ring (bicyclic) bond motifs is 1. The summed E-state index contributed by atoms with van der Waals surface area (Å²) in [6, 6.07) is 5.80. The normalized spacial score (nSPS) is 17.9. The molecule has 1 atom stereocenters. The van der Waals surface area contributed by atoms with Crippen LogP contribution in [0.4, 0.5) is 4.79 Å². The third-order valence-electron chi connectivity index (χ3n) is 4.91. The van der Waals surface area contributed by atoms with E-state index in [-0.39, 0.29) is 12.0 Å². The SMILES string of the molecule is COCCCn1c(C2CCCN(C(=O)OC(C)(C)C)C2)nc2ccc(Cl)cc21. The summed E-state index contributed by atoms with van der Waals surface area (Å²) in [5.41, 5.74) is 1.48. The Kier molecular flexibility index (Phi) is 6.50. The first-order valence-electron chi connectivity index (χ1n) is 9.91. The third kappa shape index (κ3) is 4.97. The van der Waals surface area contributed by atoms with Crippen LogP contribution in [0, 0.1) is 0 Å². The summed E-state index contributed by atoms with van der Waals surface area (Å²) in [4.78, 5) is 19.3. The van der Waals surface area contributed by atoms with Crippen molar-refractivity contribution in [1.82, 2.24) is 14.5 Å². The molecule has 1 amide bonds. The first-order chi connectivity index (χ1) is 13.3. The van der Waals surface area contributed by atoms with Gasteiger partial charge in [0, 0.05) is 44.3 Å². The van der Waals surface area contributed by atoms with Gasteiger partial charge in [-0.3, -0.25) is 0 Å². The van der Waals surface area contributed by atoms with Crippen molar-refractivity contribution >= 4 is 28.7 Å². The molecular weight excluding hydrogens is 378 g/mol. The van der Waals surface area contributed by atoms with E-state index in [1.54, 1.807) is 7.11 Å². The van der Waals surface area contributed by atoms with Gasteiger partial charge in [-0.05, 0) is 58.2 Å². The smallest absolute Gasteiger partial charge is 0.410 e. The van der Waals surface area contributed by atoms with Gasteiger partial charge in [0.1, 0.15) is 11.4 Å². The Morgan fingerprint density at radius 1 is 1.36 bits per heavy atom. The summed E-state index contributed by atoms with van der Waals surface area (Å²) in [6.07, 6.45) is 2.58. The number of hydrogen-bond acceptors (Lipinski definition) is 4. The van der Waals surface area contributed by atoms with Gasteiger partial charge in [-0.25, -0.2) is 9.78 Å². The van der Waals surface area contributed by atoms with E-state index in [1.807, 2.05) is 43.9 Å². The maximum atomic E-state index is 12.5. The number of piperidine rings is 1. The third-order valence-corrected chi connectivity index (χ3v) is 5.14. The Bertz CT molecular complexity index is 828. The lowest BCUT2D eigenvalue weighted by atomic mass is 9.97. The Morgan fingerprint density at radius 3 is 2.86 bits per heavy atom. The lowest BCUT2D eigenvalue weighted by Gasteiger charge is -2.34. The van der Waals surface area contributed by atoms with Crippen LogP contribution < -0.4 is 0 Å². The Morgan fingerprint density at radius 2 is 2.14 bits per heavy atom. The summed E-state index contributed by atoms with van der Waals surface area (Å²) >= 11 is 6.24. The van der Waals surface area contributed by atoms with Crippen molar-refractivity contribution in [2.45, 2.75) is 58.1 Å². The zero-order valence-electron chi connectivity index (χ0n) is 17.2. The molecule has 2 aromatic rings. The van der Waals surface area contributed by atoms with Crippen molar-refractivity contribution in [3.63, 3.8) is 0 Å². The van der Waals surface area contributed by atoms with E-state index in [4.69, 9.17) is 26.1 Å². The molecule has 0 N–H and O–H groups in total. The number of aryl methyl sites for hydroxylation is 1. The number of methoxy groups -OCH3 is 1. The molecule has 1 aromatic carbocycles. The highest BCUT2D eigenvalue weighted by Crippen LogP contribution is 2.31. The van der Waals surface area contributed by atoms with Gasteiger partial charge in [0.25, 0.3) is 0 Å². The van der Waals surface area contributed by atoms with Gasteiger partial charge >= 0.3 is 6.09 Å². The fourth-order valence-electron chi connectivity index (χ4n) is 3.71. The second kappa shape index (κ2) is 8.70. The molecule has 0 radical (unpaired) electrons. The highest BCUT2D eigenvalue weighted by Gasteiger charge is 2.31. The number of likely N-dealkylation sites (tertiary alicyclic amines) is 1. The Labute approximate surface area is 171 Å². The number of benzene rings is 1. The van der Waals surface area contributed by atoms with E-state index in [0.29, 0.717) is 18.2 Å². The van der Waals surface area contributed by atoms with E-state index in [1.165, 1.54) is 0 Å². The monoisotopic (exact) mass is 407 g/mol. The number of carbonyl (C=O) groups is 1. The lowest BCUT2D eigenvalue weighted by Crippen LogP contribution is -2.42. The Hall–Kier alpha value is -1.79. The van der Waals surface area contributed by atoms with Crippen molar-refractivity contribution in [3.8, 4) is 0 Å². The van der Waals surface area contributed by atoms with Crippen LogP contribution in [0.5, 0.6) is 0 Å². The van der Waals surface area contributed by atoms with Crippen LogP contribution in [-0.2, 0) is 16.0 Å². The molecule has 3 rings (SSSR count). The van der Waals surface area contributed by atoms with Gasteiger partial charge in [-0.1, -0.05) is 11.6 Å². The largest absolute Gasteiger partial charge is 0.444 e. The predicted molar refractivity (Wildman–Crippen MR) is 111 cm³/mol. The summed E-state index contributed by atoms with van der Waals surface area (Å²) in [7, 11) is 1.71. The second-order valence-electron chi connectivity index (χ2n) is 8.37. The van der Waals surface area contributed by atoms with Crippen LogP contribution in [0.15, 0.2) is 18.2 Å². The highest BCUT2D eigenvalue weighted by molar-refractivity contribution is 6.31. The first-order valence-corrected chi connectivity index (χ1v) is 10.3. The summed E-state index contributed by atoms with van der Waals surface area (Å²) in [5, 5.41) is 0.700. The van der Waals surface area contributed by atoms with Gasteiger partial charge in [0.2, 0.25) is 0 Å². The minimum atomic E-state index is -0.492. The first kappa shape index (κ1) is 20.9. The van der Waals surface area contributed by atoms with E-state index in [9.17, 15) is 4.79 Å². The number of amides is 1. The molecule has 2 heterocycles. The van der Waals surface area contributed by atoms with Gasteiger partial charge in [-0.2, -0.15) is 0 Å². The quantitative estimate of drug-likeness (QED) is 0.665. The zero-order chi connectivity index (χ0) is 20.3. The van der Waals surface area contributed by atoms with Crippen molar-refractivity contribution in [2.24, 2.45) is 0 Å². The fourth-order valence-corrected chi connectivity index (χ4v) is 3.87. The number of halogens is 1. The molecule has 1 aromatic heterocycles. The van der Waals surface area contributed by atoms with Crippen molar-refractivity contribution in [2.75, 3.05) is 26.8 Å². The average Bonchev–Trinajstić information content (AvgIpc) is 2.99. The maximum Gasteiger partial charge on any atom is 0.410 e. The van der Waals surface area contributed by atoms with Gasteiger partial charge in [0.15, 0.2) is 0 Å². The molecule has 0 aliphatic carbocycles. The molecule has 1 aliphatic heterocycles. The minimum Gasteiger partial charge on any atom is -0.444 e. The van der Waals surface area contributed by atoms with Crippen molar-refractivity contribution in [3.05, 3.63) is 29.0 Å². The Balaban J connectivity index is 1.86. The van der Waals surface area contributed by atoms with E-state index < -0.39 is 5.60 Å². The molecule has 1 saturated heterocycles. The second-order valence-corrected chi connectivity index (χ2v) is 8.80. The van der Waals surface area contributed by atoms with Crippen LogP contribution in [0.1, 0.15) is 51.8 Å². The maximum absolute atomic E-state index is 12.5. The summed E-state index contributed by atoms with van der Waals surface area (Å²) < 4.78 is 13.0. The molecule has 0 saturated carbocycles. The van der Waals surface area contributed by atoms with E-state index in [2.05, 4.69) is 4.57 Å². The molecule has 154 valence electrons. The van der Waals surface area contributed by atoms with E-state index >= 15 is 0 Å². The molecule has 0 bridgehead atoms. The van der Waals surface area contributed by atoms with Crippen LogP contribution in [0.3, 0.4) is 0 Å². The van der Waals surface area contributed by atoms with Crippen LogP contribution >= 0.6 is 11.6 Å². The topological polar surface area (TPSA) is 56.6 Å².